The summed E-state index contributed by atoms with van der Waals surface area (Å²) in [6.07, 6.45) is 11.1. The van der Waals surface area contributed by atoms with E-state index in [4.69, 9.17) is 14.7 Å². The molecule has 0 aromatic heterocycles. The van der Waals surface area contributed by atoms with Crippen LogP contribution in [0.4, 0.5) is 8.78 Å². The van der Waals surface area contributed by atoms with E-state index >= 15 is 0 Å². The van der Waals surface area contributed by atoms with Gasteiger partial charge in [0.25, 0.3) is 0 Å². The van der Waals surface area contributed by atoms with Crippen LogP contribution in [-0.4, -0.2) is 25.1 Å². The minimum Gasteiger partial charge on any atom is -0.498 e. The molecule has 39 heavy (non-hydrogen) atoms. The second kappa shape index (κ2) is 12.1. The summed E-state index contributed by atoms with van der Waals surface area (Å²) < 4.78 is 34.8. The first-order valence-electron chi connectivity index (χ1n) is 13.9. The molecule has 0 aliphatic carbocycles. The normalized spacial score (nSPS) is 20.4. The fourth-order valence-corrected chi connectivity index (χ4v) is 5.44. The number of hydrogen-bond acceptors (Lipinski definition) is 3. The van der Waals surface area contributed by atoms with Gasteiger partial charge in [0.05, 0.1) is 23.8 Å². The number of fused-ring (bicyclic) bond motifs is 1. The summed E-state index contributed by atoms with van der Waals surface area (Å²) in [5.41, 5.74) is 8.86. The molecule has 1 atom stereocenters. The zero-order valence-electron chi connectivity index (χ0n) is 23.1. The summed E-state index contributed by atoms with van der Waals surface area (Å²) in [4.78, 5) is 9.70. The third-order valence-corrected chi connectivity index (χ3v) is 7.87. The van der Waals surface area contributed by atoms with Crippen molar-refractivity contribution in [2.45, 2.75) is 59.3 Å². The number of benzene rings is 2. The minimum absolute atomic E-state index is 0.241. The molecule has 0 saturated heterocycles. The average molecular weight is 527 g/mol. The van der Waals surface area contributed by atoms with Crippen LogP contribution < -0.4 is 0 Å². The van der Waals surface area contributed by atoms with Gasteiger partial charge in [-0.1, -0.05) is 53.1 Å². The zero-order chi connectivity index (χ0) is 27.4. The molecule has 0 fully saturated rings. The highest BCUT2D eigenvalue weighted by molar-refractivity contribution is 6.03. The third kappa shape index (κ3) is 6.35. The number of hydrogen-bond donors (Lipinski definition) is 0. The van der Waals surface area contributed by atoms with Crippen molar-refractivity contribution in [2.75, 3.05) is 13.2 Å². The van der Waals surface area contributed by atoms with Gasteiger partial charge in [0.2, 0.25) is 0 Å². The highest BCUT2D eigenvalue weighted by Crippen LogP contribution is 2.32. The highest BCUT2D eigenvalue weighted by atomic mass is 19.2. The van der Waals surface area contributed by atoms with Crippen molar-refractivity contribution in [1.82, 2.24) is 0 Å². The molecule has 0 bridgehead atoms. The van der Waals surface area contributed by atoms with Crippen LogP contribution in [0.25, 0.3) is 5.57 Å². The lowest BCUT2D eigenvalue weighted by molar-refractivity contribution is 0.196. The van der Waals surface area contributed by atoms with Crippen molar-refractivity contribution >= 4 is 17.5 Å². The van der Waals surface area contributed by atoms with E-state index in [2.05, 4.69) is 57.2 Å². The van der Waals surface area contributed by atoms with Crippen LogP contribution in [0.1, 0.15) is 69.1 Å². The van der Waals surface area contributed by atoms with Crippen LogP contribution >= 0.6 is 0 Å². The van der Waals surface area contributed by atoms with Gasteiger partial charge < -0.3 is 4.74 Å². The maximum absolute atomic E-state index is 14.6. The van der Waals surface area contributed by atoms with Crippen LogP contribution in [-0.2, 0) is 4.74 Å². The Morgan fingerprint density at radius 3 is 2.54 bits per heavy atom. The molecule has 5 rings (SSSR count). The molecule has 0 radical (unpaired) electrons. The smallest absolute Gasteiger partial charge is 0.167 e. The minimum atomic E-state index is -0.845. The molecule has 1 unspecified atom stereocenters. The summed E-state index contributed by atoms with van der Waals surface area (Å²) in [5.74, 6) is -0.334. The van der Waals surface area contributed by atoms with Crippen molar-refractivity contribution in [3.63, 3.8) is 0 Å². The van der Waals surface area contributed by atoms with Crippen LogP contribution in [0.2, 0.25) is 0 Å². The molecule has 0 amide bonds. The lowest BCUT2D eigenvalue weighted by Gasteiger charge is -2.16. The Morgan fingerprint density at radius 2 is 1.72 bits per heavy atom. The Balaban J connectivity index is 1.38. The van der Waals surface area contributed by atoms with Gasteiger partial charge in [-0.2, -0.15) is 0 Å². The van der Waals surface area contributed by atoms with E-state index in [0.717, 1.165) is 60.8 Å². The monoisotopic (exact) mass is 526 g/mol. The Labute approximate surface area is 230 Å². The van der Waals surface area contributed by atoms with Crippen LogP contribution in [0.15, 0.2) is 92.8 Å². The van der Waals surface area contributed by atoms with Gasteiger partial charge in [0, 0.05) is 36.7 Å². The Hall–Kier alpha value is -3.60. The van der Waals surface area contributed by atoms with Gasteiger partial charge in [-0.05, 0) is 81.7 Å². The number of nitrogens with zero attached hydrogens (tertiary/aromatic N) is 2. The average Bonchev–Trinajstić information content (AvgIpc) is 3.14. The standard InChI is InChI=1S/C34H36F2N2O/c1-22-10-13-26(14-11-22)29-19-27(39-17-16-24(29)3)18-25-6-4-9-32-30(21-37-20-25)23(2)12-15-33(38-32)28-7-5-8-31(35)34(28)36/h5,7-11,13-14,19,21,25H,4,6,12,15-18,20H2,1-3H3. The van der Waals surface area contributed by atoms with Crippen LogP contribution in [0.3, 0.4) is 0 Å². The SMILES string of the molecule is CC1=C2C=NCC(CC3=CC(c4ccc(C)cc4)=C(C)CCO3)CCC=C2N=C(c2cccc(F)c2F)CC1. The lowest BCUT2D eigenvalue weighted by atomic mass is 9.94. The molecule has 3 heterocycles. The van der Waals surface area contributed by atoms with E-state index in [0.29, 0.717) is 31.2 Å². The fourth-order valence-electron chi connectivity index (χ4n) is 5.44. The Bertz CT molecular complexity index is 1420. The molecular formula is C34H36F2N2O. The largest absolute Gasteiger partial charge is 0.498 e. The van der Waals surface area contributed by atoms with Crippen molar-refractivity contribution in [3.8, 4) is 0 Å². The molecular weight excluding hydrogens is 490 g/mol. The Morgan fingerprint density at radius 1 is 0.923 bits per heavy atom. The predicted octanol–water partition coefficient (Wildman–Crippen LogP) is 8.71. The first kappa shape index (κ1) is 27.0. The number of allylic oxidation sites excluding steroid dienone is 6. The van der Waals surface area contributed by atoms with Gasteiger partial charge in [0.1, 0.15) is 0 Å². The maximum Gasteiger partial charge on any atom is 0.167 e. The van der Waals surface area contributed by atoms with E-state index in [-0.39, 0.29) is 5.56 Å². The number of aliphatic imine (C=N–C) groups is 2. The molecule has 202 valence electrons. The fraction of sp³-hybridized carbons (Fsp3) is 0.353. The molecule has 3 nitrogen and oxygen atoms in total. The van der Waals surface area contributed by atoms with Gasteiger partial charge >= 0.3 is 0 Å². The van der Waals surface area contributed by atoms with Crippen molar-refractivity contribution in [3.05, 3.63) is 111 Å². The molecule has 0 spiro atoms. The molecule has 0 saturated carbocycles. The quantitative estimate of drug-likeness (QED) is 0.392. The van der Waals surface area contributed by atoms with Gasteiger partial charge in [-0.15, -0.1) is 0 Å². The predicted molar refractivity (Wildman–Crippen MR) is 156 cm³/mol. The summed E-state index contributed by atoms with van der Waals surface area (Å²) in [7, 11) is 0. The first-order chi connectivity index (χ1) is 18.9. The molecule has 2 aromatic rings. The number of ether oxygens (including phenoxy) is 1. The lowest BCUT2D eigenvalue weighted by Crippen LogP contribution is -2.08. The Kier molecular flexibility index (Phi) is 8.35. The number of rotatable bonds is 4. The highest BCUT2D eigenvalue weighted by Gasteiger charge is 2.21. The van der Waals surface area contributed by atoms with Crippen molar-refractivity contribution in [1.29, 1.82) is 0 Å². The van der Waals surface area contributed by atoms with E-state index in [1.54, 1.807) is 6.07 Å². The second-order valence-electron chi connectivity index (χ2n) is 10.9. The molecule has 2 aromatic carbocycles. The van der Waals surface area contributed by atoms with E-state index in [9.17, 15) is 8.78 Å². The first-order valence-corrected chi connectivity index (χ1v) is 13.9. The number of aryl methyl sites for hydroxylation is 1. The summed E-state index contributed by atoms with van der Waals surface area (Å²) in [5, 5.41) is 0. The second-order valence-corrected chi connectivity index (χ2v) is 10.9. The van der Waals surface area contributed by atoms with E-state index < -0.39 is 11.6 Å². The molecule has 5 heteroatoms. The van der Waals surface area contributed by atoms with E-state index in [1.165, 1.54) is 28.3 Å². The third-order valence-electron chi connectivity index (χ3n) is 7.87. The summed E-state index contributed by atoms with van der Waals surface area (Å²) >= 11 is 0. The molecule has 3 aliphatic rings. The van der Waals surface area contributed by atoms with Gasteiger partial charge in [-0.25, -0.2) is 8.78 Å². The van der Waals surface area contributed by atoms with Crippen molar-refractivity contribution in [2.24, 2.45) is 15.9 Å². The van der Waals surface area contributed by atoms with Gasteiger partial charge in [-0.3, -0.25) is 9.98 Å². The topological polar surface area (TPSA) is 34.0 Å². The van der Waals surface area contributed by atoms with Gasteiger partial charge in [0.15, 0.2) is 11.6 Å². The summed E-state index contributed by atoms with van der Waals surface area (Å²) in [6.45, 7) is 7.77. The zero-order valence-corrected chi connectivity index (χ0v) is 23.1. The van der Waals surface area contributed by atoms with Crippen LogP contribution in [0, 0.1) is 24.5 Å². The van der Waals surface area contributed by atoms with Crippen molar-refractivity contribution < 1.29 is 13.5 Å². The maximum atomic E-state index is 14.6. The summed E-state index contributed by atoms with van der Waals surface area (Å²) in [6, 6.07) is 13.0. The molecule has 0 N–H and O–H groups in total. The molecule has 3 aliphatic heterocycles. The van der Waals surface area contributed by atoms with Crippen LogP contribution in [0.5, 0.6) is 0 Å². The number of halogens is 2. The van der Waals surface area contributed by atoms with E-state index in [1.807, 2.05) is 6.21 Å².